The molecule has 3 rings (SSSR count). The Morgan fingerprint density at radius 1 is 1.15 bits per heavy atom. The molecule has 2 N–H and O–H groups in total. The molecule has 0 aromatic heterocycles. The van der Waals surface area contributed by atoms with Crippen LogP contribution in [-0.4, -0.2) is 27.4 Å². The number of benzene rings is 2. The minimum Gasteiger partial charge on any atom is -0.355 e. The maximum Gasteiger partial charge on any atom is 0.240 e. The Kier molecular flexibility index (Phi) is 5.89. The van der Waals surface area contributed by atoms with E-state index in [1.54, 1.807) is 19.1 Å². The van der Waals surface area contributed by atoms with Gasteiger partial charge in [-0.1, -0.05) is 41.9 Å². The second kappa shape index (κ2) is 8.00. The summed E-state index contributed by atoms with van der Waals surface area (Å²) >= 11 is 6.18. The average Bonchev–Trinajstić information content (AvgIpc) is 3.41. The summed E-state index contributed by atoms with van der Waals surface area (Å²) in [7, 11) is -3.59. The summed E-state index contributed by atoms with van der Waals surface area (Å²) in [6.07, 6.45) is 0.768. The van der Waals surface area contributed by atoms with Gasteiger partial charge in [0.25, 0.3) is 0 Å². The van der Waals surface area contributed by atoms with E-state index in [0.29, 0.717) is 10.6 Å². The van der Waals surface area contributed by atoms with Crippen molar-refractivity contribution in [3.8, 4) is 0 Å². The molecule has 2 aromatic rings. The molecule has 1 amide bonds. The number of amides is 1. The molecule has 2 unspecified atom stereocenters. The molecule has 1 aliphatic carbocycles. The van der Waals surface area contributed by atoms with Gasteiger partial charge in [-0.3, -0.25) is 4.79 Å². The Hall–Kier alpha value is -1.89. The van der Waals surface area contributed by atoms with E-state index in [0.717, 1.165) is 17.5 Å². The van der Waals surface area contributed by atoms with E-state index in [1.165, 1.54) is 0 Å². The van der Waals surface area contributed by atoms with E-state index in [9.17, 15) is 13.2 Å². The standard InChI is InChI=1S/C20H23ClN2O3S/c1-13-7-8-14(2)19(11-13)27(25,26)23-10-9-22-20(24)17-12-16(17)15-5-3-4-6-18(15)21/h3-8,11,16-17,23H,9-10,12H2,1-2H3,(H,22,24). The average molecular weight is 407 g/mol. The van der Waals surface area contributed by atoms with Crippen LogP contribution in [0, 0.1) is 19.8 Å². The predicted octanol–water partition coefficient (Wildman–Crippen LogP) is 3.16. The summed E-state index contributed by atoms with van der Waals surface area (Å²) in [5.74, 6) is -0.0169. The van der Waals surface area contributed by atoms with Crippen molar-refractivity contribution >= 4 is 27.5 Å². The van der Waals surface area contributed by atoms with Crippen molar-refractivity contribution in [3.05, 3.63) is 64.2 Å². The van der Waals surface area contributed by atoms with E-state index in [2.05, 4.69) is 10.0 Å². The van der Waals surface area contributed by atoms with Crippen LogP contribution in [0.1, 0.15) is 29.0 Å². The zero-order chi connectivity index (χ0) is 19.6. The van der Waals surface area contributed by atoms with Crippen LogP contribution in [-0.2, 0) is 14.8 Å². The molecule has 7 heteroatoms. The van der Waals surface area contributed by atoms with Gasteiger partial charge < -0.3 is 5.32 Å². The summed E-state index contributed by atoms with van der Waals surface area (Å²) in [5.41, 5.74) is 2.57. The van der Waals surface area contributed by atoms with E-state index >= 15 is 0 Å². The minimum absolute atomic E-state index is 0.0640. The highest BCUT2D eigenvalue weighted by Gasteiger charge is 2.44. The molecule has 0 saturated heterocycles. The predicted molar refractivity (Wildman–Crippen MR) is 106 cm³/mol. The summed E-state index contributed by atoms with van der Waals surface area (Å²) in [6.45, 7) is 4.00. The van der Waals surface area contributed by atoms with Gasteiger partial charge in [-0.05, 0) is 55.0 Å². The number of hydrogen-bond acceptors (Lipinski definition) is 3. The molecule has 5 nitrogen and oxygen atoms in total. The summed E-state index contributed by atoms with van der Waals surface area (Å²) in [5, 5.41) is 3.48. The number of halogens is 1. The molecule has 1 fully saturated rings. The van der Waals surface area contributed by atoms with Gasteiger partial charge in [-0.25, -0.2) is 13.1 Å². The van der Waals surface area contributed by atoms with E-state index < -0.39 is 10.0 Å². The van der Waals surface area contributed by atoms with Crippen molar-refractivity contribution in [3.63, 3.8) is 0 Å². The van der Waals surface area contributed by atoms with Gasteiger partial charge in [0.1, 0.15) is 0 Å². The van der Waals surface area contributed by atoms with Gasteiger partial charge in [0, 0.05) is 24.0 Å². The van der Waals surface area contributed by atoms with Gasteiger partial charge in [0.05, 0.1) is 4.90 Å². The lowest BCUT2D eigenvalue weighted by Crippen LogP contribution is -2.35. The van der Waals surface area contributed by atoms with E-state index in [4.69, 9.17) is 11.6 Å². The number of aryl methyl sites for hydroxylation is 2. The van der Waals surface area contributed by atoms with Crippen LogP contribution >= 0.6 is 11.6 Å². The Morgan fingerprint density at radius 3 is 2.63 bits per heavy atom. The summed E-state index contributed by atoms with van der Waals surface area (Å²) in [4.78, 5) is 12.5. The van der Waals surface area contributed by atoms with Crippen molar-refractivity contribution in [1.82, 2.24) is 10.0 Å². The van der Waals surface area contributed by atoms with Gasteiger partial charge in [-0.2, -0.15) is 0 Å². The summed E-state index contributed by atoms with van der Waals surface area (Å²) in [6, 6.07) is 12.9. The number of rotatable bonds is 7. The highest BCUT2D eigenvalue weighted by molar-refractivity contribution is 7.89. The first-order chi connectivity index (χ1) is 12.8. The number of carbonyl (C=O) groups is 1. The zero-order valence-electron chi connectivity index (χ0n) is 15.3. The molecule has 27 heavy (non-hydrogen) atoms. The Morgan fingerprint density at radius 2 is 1.89 bits per heavy atom. The lowest BCUT2D eigenvalue weighted by atomic mass is 10.1. The first kappa shape index (κ1) is 19.9. The fourth-order valence-electron chi connectivity index (χ4n) is 3.18. The van der Waals surface area contributed by atoms with Crippen LogP contribution in [0.5, 0.6) is 0 Å². The first-order valence-electron chi connectivity index (χ1n) is 8.88. The second-order valence-corrected chi connectivity index (χ2v) is 9.07. The van der Waals surface area contributed by atoms with Gasteiger partial charge in [0.15, 0.2) is 0 Å². The smallest absolute Gasteiger partial charge is 0.240 e. The Labute approximate surface area is 165 Å². The van der Waals surface area contributed by atoms with Gasteiger partial charge in [-0.15, -0.1) is 0 Å². The summed E-state index contributed by atoms with van der Waals surface area (Å²) < 4.78 is 27.4. The highest BCUT2D eigenvalue weighted by atomic mass is 35.5. The minimum atomic E-state index is -3.59. The molecular formula is C20H23ClN2O3S. The molecule has 0 bridgehead atoms. The topological polar surface area (TPSA) is 75.3 Å². The molecule has 144 valence electrons. The number of nitrogens with one attached hydrogen (secondary N) is 2. The van der Waals surface area contributed by atoms with Crippen molar-refractivity contribution in [1.29, 1.82) is 0 Å². The lowest BCUT2D eigenvalue weighted by Gasteiger charge is -2.11. The zero-order valence-corrected chi connectivity index (χ0v) is 16.9. The van der Waals surface area contributed by atoms with Crippen LogP contribution in [0.2, 0.25) is 5.02 Å². The van der Waals surface area contributed by atoms with Crippen LogP contribution in [0.25, 0.3) is 0 Å². The normalized spacial score (nSPS) is 18.9. The van der Waals surface area contributed by atoms with E-state index in [-0.39, 0.29) is 35.7 Å². The van der Waals surface area contributed by atoms with Crippen molar-refractivity contribution in [2.75, 3.05) is 13.1 Å². The lowest BCUT2D eigenvalue weighted by molar-refractivity contribution is -0.122. The third kappa shape index (κ3) is 4.69. The molecule has 0 spiro atoms. The largest absolute Gasteiger partial charge is 0.355 e. The third-order valence-corrected chi connectivity index (χ3v) is 6.73. The number of hydrogen-bond donors (Lipinski definition) is 2. The SMILES string of the molecule is Cc1ccc(C)c(S(=O)(=O)NCCNC(=O)C2CC2c2ccccc2Cl)c1. The molecule has 1 saturated carbocycles. The molecule has 0 aliphatic heterocycles. The molecule has 0 heterocycles. The van der Waals surface area contributed by atoms with Crippen LogP contribution < -0.4 is 10.0 Å². The monoisotopic (exact) mass is 406 g/mol. The second-order valence-electron chi connectivity index (χ2n) is 6.93. The third-order valence-electron chi connectivity index (χ3n) is 4.78. The molecular weight excluding hydrogens is 384 g/mol. The van der Waals surface area contributed by atoms with Crippen molar-refractivity contribution in [2.45, 2.75) is 31.1 Å². The van der Waals surface area contributed by atoms with Crippen LogP contribution in [0.15, 0.2) is 47.4 Å². The van der Waals surface area contributed by atoms with Crippen LogP contribution in [0.4, 0.5) is 0 Å². The van der Waals surface area contributed by atoms with Gasteiger partial charge in [0.2, 0.25) is 15.9 Å². The van der Waals surface area contributed by atoms with Crippen molar-refractivity contribution in [2.24, 2.45) is 5.92 Å². The number of carbonyl (C=O) groups excluding carboxylic acids is 1. The Balaban J connectivity index is 1.49. The molecule has 0 radical (unpaired) electrons. The van der Waals surface area contributed by atoms with Crippen LogP contribution in [0.3, 0.4) is 0 Å². The molecule has 2 atom stereocenters. The molecule has 1 aliphatic rings. The number of sulfonamides is 1. The maximum absolute atomic E-state index is 12.4. The Bertz CT molecular complexity index is 959. The van der Waals surface area contributed by atoms with E-state index in [1.807, 2.05) is 37.3 Å². The highest BCUT2D eigenvalue weighted by Crippen LogP contribution is 2.49. The van der Waals surface area contributed by atoms with Crippen molar-refractivity contribution < 1.29 is 13.2 Å². The fourth-order valence-corrected chi connectivity index (χ4v) is 4.82. The quantitative estimate of drug-likeness (QED) is 0.693. The first-order valence-corrected chi connectivity index (χ1v) is 10.7. The molecule has 2 aromatic carbocycles. The van der Waals surface area contributed by atoms with Gasteiger partial charge >= 0.3 is 0 Å². The fraction of sp³-hybridized carbons (Fsp3) is 0.350. The maximum atomic E-state index is 12.4.